The minimum Gasteiger partial charge on any atom is -0.385 e. The summed E-state index contributed by atoms with van der Waals surface area (Å²) in [5, 5.41) is 10.9. The van der Waals surface area contributed by atoms with E-state index in [2.05, 4.69) is 45.0 Å². The van der Waals surface area contributed by atoms with Crippen LogP contribution in [0.3, 0.4) is 0 Å². The third-order valence-electron chi connectivity index (χ3n) is 4.58. The Kier molecular flexibility index (Phi) is 4.11. The molecule has 1 nitrogen and oxygen atoms in total. The van der Waals surface area contributed by atoms with Crippen LogP contribution in [0.5, 0.6) is 0 Å². The van der Waals surface area contributed by atoms with Crippen molar-refractivity contribution in [2.45, 2.75) is 58.5 Å². The van der Waals surface area contributed by atoms with E-state index >= 15 is 0 Å². The monoisotopic (exact) mass is 246 g/mol. The van der Waals surface area contributed by atoms with Crippen LogP contribution in [0.15, 0.2) is 24.3 Å². The smallest absolute Gasteiger partial charge is 0.0922 e. The maximum Gasteiger partial charge on any atom is 0.0922 e. The van der Waals surface area contributed by atoms with Crippen molar-refractivity contribution in [1.29, 1.82) is 0 Å². The number of benzene rings is 1. The number of hydrogen-bond acceptors (Lipinski definition) is 1. The van der Waals surface area contributed by atoms with Gasteiger partial charge in [-0.3, -0.25) is 0 Å². The highest BCUT2D eigenvalue weighted by Gasteiger charge is 2.39. The van der Waals surface area contributed by atoms with E-state index in [1.807, 2.05) is 0 Å². The highest BCUT2D eigenvalue weighted by Crippen LogP contribution is 2.43. The van der Waals surface area contributed by atoms with Crippen molar-refractivity contribution in [2.75, 3.05) is 0 Å². The lowest BCUT2D eigenvalue weighted by molar-refractivity contribution is -0.0587. The van der Waals surface area contributed by atoms with E-state index in [0.717, 1.165) is 37.2 Å². The largest absolute Gasteiger partial charge is 0.385 e. The van der Waals surface area contributed by atoms with Crippen LogP contribution in [0.1, 0.15) is 57.6 Å². The molecule has 2 rings (SSSR count). The molecule has 1 aromatic carbocycles. The fourth-order valence-electron chi connectivity index (χ4n) is 3.31. The molecule has 1 aromatic rings. The lowest BCUT2D eigenvalue weighted by Crippen LogP contribution is -2.38. The van der Waals surface area contributed by atoms with Crippen LogP contribution in [0.25, 0.3) is 0 Å². The fraction of sp³-hybridized carbons (Fsp3) is 0.647. The molecule has 0 aliphatic heterocycles. The molecule has 0 spiro atoms. The van der Waals surface area contributed by atoms with E-state index in [9.17, 15) is 5.11 Å². The van der Waals surface area contributed by atoms with Crippen molar-refractivity contribution in [1.82, 2.24) is 0 Å². The second-order valence-corrected chi connectivity index (χ2v) is 6.15. The lowest BCUT2D eigenvalue weighted by atomic mass is 9.69. The first kappa shape index (κ1) is 13.6. The zero-order valence-corrected chi connectivity index (χ0v) is 11.9. The van der Waals surface area contributed by atoms with Crippen LogP contribution >= 0.6 is 0 Å². The summed E-state index contributed by atoms with van der Waals surface area (Å²) in [5.41, 5.74) is 1.89. The second-order valence-electron chi connectivity index (χ2n) is 6.15. The van der Waals surface area contributed by atoms with Gasteiger partial charge in [0.25, 0.3) is 0 Å². The zero-order chi connectivity index (χ0) is 13.2. The van der Waals surface area contributed by atoms with Crippen LogP contribution in [0.4, 0.5) is 0 Å². The lowest BCUT2D eigenvalue weighted by Gasteiger charge is -2.41. The van der Waals surface area contributed by atoms with Crippen LogP contribution in [0, 0.1) is 11.8 Å². The molecular formula is C17H26O. The maximum atomic E-state index is 10.9. The molecule has 1 saturated carbocycles. The molecule has 1 aliphatic carbocycles. The Morgan fingerprint density at radius 1 is 1.22 bits per heavy atom. The van der Waals surface area contributed by atoms with E-state index in [-0.39, 0.29) is 0 Å². The fourth-order valence-corrected chi connectivity index (χ4v) is 3.31. The molecular weight excluding hydrogens is 220 g/mol. The first-order chi connectivity index (χ1) is 8.56. The van der Waals surface area contributed by atoms with Gasteiger partial charge in [0.15, 0.2) is 0 Å². The van der Waals surface area contributed by atoms with E-state index in [0.29, 0.717) is 5.92 Å². The average Bonchev–Trinajstić information content (AvgIpc) is 2.36. The normalized spacial score (nSPS) is 32.4. The molecule has 3 atom stereocenters. The molecule has 1 aliphatic rings. The van der Waals surface area contributed by atoms with Crippen molar-refractivity contribution in [2.24, 2.45) is 11.8 Å². The minimum atomic E-state index is -0.600. The van der Waals surface area contributed by atoms with Gasteiger partial charge in [0.1, 0.15) is 0 Å². The third kappa shape index (κ3) is 2.61. The highest BCUT2D eigenvalue weighted by molar-refractivity contribution is 5.28. The second kappa shape index (κ2) is 5.44. The van der Waals surface area contributed by atoms with E-state index < -0.39 is 5.60 Å². The van der Waals surface area contributed by atoms with E-state index in [4.69, 9.17) is 0 Å². The van der Waals surface area contributed by atoms with Gasteiger partial charge in [0.05, 0.1) is 5.60 Å². The van der Waals surface area contributed by atoms with Gasteiger partial charge in [-0.1, -0.05) is 51.5 Å². The SMILES string of the molecule is CCCc1ccc(C2(O)CCC(C)CC2C)cc1. The topological polar surface area (TPSA) is 20.2 Å². The number of rotatable bonds is 3. The van der Waals surface area contributed by atoms with Crippen molar-refractivity contribution in [3.63, 3.8) is 0 Å². The average molecular weight is 246 g/mol. The number of hydrogen-bond donors (Lipinski definition) is 1. The van der Waals surface area contributed by atoms with Crippen LogP contribution < -0.4 is 0 Å². The molecule has 0 aromatic heterocycles. The molecule has 0 saturated heterocycles. The molecule has 0 radical (unpaired) electrons. The minimum absolute atomic E-state index is 0.360. The van der Waals surface area contributed by atoms with Crippen LogP contribution in [0.2, 0.25) is 0 Å². The highest BCUT2D eigenvalue weighted by atomic mass is 16.3. The van der Waals surface area contributed by atoms with Crippen LogP contribution in [-0.2, 0) is 12.0 Å². The summed E-state index contributed by atoms with van der Waals surface area (Å²) < 4.78 is 0. The Hall–Kier alpha value is -0.820. The van der Waals surface area contributed by atoms with Gasteiger partial charge in [-0.2, -0.15) is 0 Å². The summed E-state index contributed by atoms with van der Waals surface area (Å²) in [6.45, 7) is 6.68. The molecule has 0 heterocycles. The summed E-state index contributed by atoms with van der Waals surface area (Å²) in [4.78, 5) is 0. The van der Waals surface area contributed by atoms with Gasteiger partial charge in [0.2, 0.25) is 0 Å². The molecule has 0 bridgehead atoms. The van der Waals surface area contributed by atoms with Gasteiger partial charge in [0, 0.05) is 0 Å². The van der Waals surface area contributed by atoms with Gasteiger partial charge >= 0.3 is 0 Å². The summed E-state index contributed by atoms with van der Waals surface area (Å²) in [6.07, 6.45) is 5.48. The van der Waals surface area contributed by atoms with Crippen molar-refractivity contribution in [3.8, 4) is 0 Å². The molecule has 0 amide bonds. The molecule has 3 unspecified atom stereocenters. The molecule has 1 fully saturated rings. The first-order valence-electron chi connectivity index (χ1n) is 7.38. The summed E-state index contributed by atoms with van der Waals surface area (Å²) in [7, 11) is 0. The molecule has 18 heavy (non-hydrogen) atoms. The predicted molar refractivity (Wildman–Crippen MR) is 76.5 cm³/mol. The Labute approximate surface area is 111 Å². The van der Waals surface area contributed by atoms with Gasteiger partial charge in [-0.15, -0.1) is 0 Å². The standard InChI is InChI=1S/C17H26O/c1-4-5-15-6-8-16(9-7-15)17(18)11-10-13(2)12-14(17)3/h6-9,13-14,18H,4-5,10-12H2,1-3H3. The van der Waals surface area contributed by atoms with Gasteiger partial charge < -0.3 is 5.11 Å². The number of aryl methyl sites for hydroxylation is 1. The van der Waals surface area contributed by atoms with Gasteiger partial charge in [-0.05, 0) is 48.6 Å². The van der Waals surface area contributed by atoms with Gasteiger partial charge in [-0.25, -0.2) is 0 Å². The Bertz CT molecular complexity index is 381. The first-order valence-corrected chi connectivity index (χ1v) is 7.38. The summed E-state index contributed by atoms with van der Waals surface area (Å²) in [5.74, 6) is 1.11. The Balaban J connectivity index is 2.19. The maximum absolute atomic E-state index is 10.9. The Morgan fingerprint density at radius 3 is 2.44 bits per heavy atom. The summed E-state index contributed by atoms with van der Waals surface area (Å²) in [6, 6.07) is 8.64. The van der Waals surface area contributed by atoms with Crippen molar-refractivity contribution in [3.05, 3.63) is 35.4 Å². The van der Waals surface area contributed by atoms with Crippen molar-refractivity contribution < 1.29 is 5.11 Å². The van der Waals surface area contributed by atoms with Crippen LogP contribution in [-0.4, -0.2) is 5.11 Å². The molecule has 1 N–H and O–H groups in total. The predicted octanol–water partition coefficient (Wildman–Crippen LogP) is 4.28. The Morgan fingerprint density at radius 2 is 1.89 bits per heavy atom. The van der Waals surface area contributed by atoms with Crippen molar-refractivity contribution >= 4 is 0 Å². The quantitative estimate of drug-likeness (QED) is 0.844. The number of aliphatic hydroxyl groups is 1. The third-order valence-corrected chi connectivity index (χ3v) is 4.58. The van der Waals surface area contributed by atoms with E-state index in [1.54, 1.807) is 0 Å². The zero-order valence-electron chi connectivity index (χ0n) is 11.9. The van der Waals surface area contributed by atoms with E-state index in [1.165, 1.54) is 12.0 Å². The molecule has 100 valence electrons. The molecule has 1 heteroatoms. The summed E-state index contributed by atoms with van der Waals surface area (Å²) >= 11 is 0.